The molecule has 0 radical (unpaired) electrons. The van der Waals surface area contributed by atoms with E-state index in [1.807, 2.05) is 0 Å². The van der Waals surface area contributed by atoms with E-state index in [-0.39, 0.29) is 5.91 Å². The quantitative estimate of drug-likeness (QED) is 0.515. The third-order valence-electron chi connectivity index (χ3n) is 5.49. The Kier molecular flexibility index (Phi) is 7.80. The number of anilines is 1. The lowest BCUT2D eigenvalue weighted by Gasteiger charge is -2.33. The van der Waals surface area contributed by atoms with Gasteiger partial charge in [0, 0.05) is 45.2 Å². The molecule has 0 aromatic carbocycles. The van der Waals surface area contributed by atoms with Gasteiger partial charge in [-0.05, 0) is 43.2 Å². The number of hydrogen-bond acceptors (Lipinski definition) is 4. The zero-order chi connectivity index (χ0) is 18.9. The molecular weight excluding hydrogens is 358 g/mol. The smallest absolute Gasteiger partial charge is 0.221 e. The van der Waals surface area contributed by atoms with Crippen molar-refractivity contribution in [3.8, 4) is 0 Å². The van der Waals surface area contributed by atoms with Gasteiger partial charge >= 0.3 is 0 Å². The molecule has 1 aromatic heterocycles. The Labute approximate surface area is 166 Å². The number of nitrogens with one attached hydrogen (secondary N) is 3. The van der Waals surface area contributed by atoms with Crippen LogP contribution in [0.3, 0.4) is 0 Å². The van der Waals surface area contributed by atoms with Crippen molar-refractivity contribution in [2.45, 2.75) is 63.5 Å². The second-order valence-corrected chi connectivity index (χ2v) is 8.43. The Morgan fingerprint density at radius 1 is 1.15 bits per heavy atom. The SMILES string of the molecule is CN=C(NCCC(=O)NC1CCCCC1)NC1CCN(c2cccs2)CC1. The highest BCUT2D eigenvalue weighted by molar-refractivity contribution is 7.14. The Hall–Kier alpha value is -1.76. The van der Waals surface area contributed by atoms with E-state index in [4.69, 9.17) is 0 Å². The minimum absolute atomic E-state index is 0.147. The Bertz CT molecular complexity index is 590. The van der Waals surface area contributed by atoms with Gasteiger partial charge in [0.25, 0.3) is 0 Å². The molecule has 1 aliphatic heterocycles. The minimum atomic E-state index is 0.147. The van der Waals surface area contributed by atoms with Gasteiger partial charge in [0.15, 0.2) is 5.96 Å². The van der Waals surface area contributed by atoms with Crippen molar-refractivity contribution in [1.82, 2.24) is 16.0 Å². The predicted molar refractivity (Wildman–Crippen MR) is 114 cm³/mol. The van der Waals surface area contributed by atoms with Gasteiger partial charge in [-0.1, -0.05) is 19.3 Å². The molecule has 1 aromatic rings. The van der Waals surface area contributed by atoms with Crippen LogP contribution in [0.25, 0.3) is 0 Å². The number of piperidine rings is 1. The molecule has 0 spiro atoms. The number of thiophene rings is 1. The maximum Gasteiger partial charge on any atom is 0.221 e. The molecule has 6 nitrogen and oxygen atoms in total. The zero-order valence-electron chi connectivity index (χ0n) is 16.4. The van der Waals surface area contributed by atoms with Gasteiger partial charge in [0.1, 0.15) is 0 Å². The van der Waals surface area contributed by atoms with Crippen molar-refractivity contribution < 1.29 is 4.79 Å². The first-order chi connectivity index (χ1) is 13.2. The third-order valence-corrected chi connectivity index (χ3v) is 6.42. The molecule has 1 saturated carbocycles. The monoisotopic (exact) mass is 391 g/mol. The number of hydrogen-bond donors (Lipinski definition) is 3. The second kappa shape index (κ2) is 10.5. The number of nitrogens with zero attached hydrogens (tertiary/aromatic N) is 2. The highest BCUT2D eigenvalue weighted by Gasteiger charge is 2.21. The molecule has 3 N–H and O–H groups in total. The summed E-state index contributed by atoms with van der Waals surface area (Å²) < 4.78 is 0. The summed E-state index contributed by atoms with van der Waals surface area (Å²) >= 11 is 1.81. The van der Waals surface area contributed by atoms with Crippen molar-refractivity contribution in [3.63, 3.8) is 0 Å². The molecule has 27 heavy (non-hydrogen) atoms. The predicted octanol–water partition coefficient (Wildman–Crippen LogP) is 2.72. The maximum atomic E-state index is 12.1. The third kappa shape index (κ3) is 6.41. The van der Waals surface area contributed by atoms with Crippen molar-refractivity contribution in [3.05, 3.63) is 17.5 Å². The lowest BCUT2D eigenvalue weighted by molar-refractivity contribution is -0.121. The van der Waals surface area contributed by atoms with Gasteiger partial charge in [0.05, 0.1) is 5.00 Å². The number of amides is 1. The summed E-state index contributed by atoms with van der Waals surface area (Å²) in [5.41, 5.74) is 0. The van der Waals surface area contributed by atoms with Gasteiger partial charge in [-0.3, -0.25) is 9.79 Å². The van der Waals surface area contributed by atoms with Gasteiger partial charge < -0.3 is 20.9 Å². The number of carbonyl (C=O) groups is 1. The van der Waals surface area contributed by atoms with Crippen LogP contribution in [0, 0.1) is 0 Å². The summed E-state index contributed by atoms with van der Waals surface area (Å²) in [5, 5.41) is 13.5. The summed E-state index contributed by atoms with van der Waals surface area (Å²) in [6, 6.07) is 5.12. The van der Waals surface area contributed by atoms with Crippen LogP contribution in [0.15, 0.2) is 22.5 Å². The molecule has 2 aliphatic rings. The second-order valence-electron chi connectivity index (χ2n) is 7.51. The largest absolute Gasteiger partial charge is 0.363 e. The van der Waals surface area contributed by atoms with Crippen LogP contribution in [0.5, 0.6) is 0 Å². The van der Waals surface area contributed by atoms with E-state index >= 15 is 0 Å². The molecule has 7 heteroatoms. The first-order valence-corrected chi connectivity index (χ1v) is 11.2. The summed E-state index contributed by atoms with van der Waals surface area (Å²) in [6.07, 6.45) is 8.74. The topological polar surface area (TPSA) is 68.8 Å². The number of carbonyl (C=O) groups excluding carboxylic acids is 1. The van der Waals surface area contributed by atoms with Crippen LogP contribution in [0.2, 0.25) is 0 Å². The van der Waals surface area contributed by atoms with Crippen LogP contribution in [-0.4, -0.2) is 50.6 Å². The molecule has 0 unspecified atom stereocenters. The minimum Gasteiger partial charge on any atom is -0.363 e. The molecule has 0 bridgehead atoms. The van der Waals surface area contributed by atoms with Crippen molar-refractivity contribution in [2.75, 3.05) is 31.6 Å². The lowest BCUT2D eigenvalue weighted by atomic mass is 9.95. The summed E-state index contributed by atoms with van der Waals surface area (Å²) in [5.74, 6) is 0.948. The van der Waals surface area contributed by atoms with Gasteiger partial charge in [-0.15, -0.1) is 11.3 Å². The van der Waals surface area contributed by atoms with Crippen molar-refractivity contribution in [1.29, 1.82) is 0 Å². The summed E-state index contributed by atoms with van der Waals surface area (Å²) in [6.45, 7) is 2.75. The van der Waals surface area contributed by atoms with Crippen LogP contribution >= 0.6 is 11.3 Å². The van der Waals surface area contributed by atoms with Crippen LogP contribution < -0.4 is 20.9 Å². The van der Waals surface area contributed by atoms with E-state index in [9.17, 15) is 4.79 Å². The molecular formula is C20H33N5OS. The fraction of sp³-hybridized carbons (Fsp3) is 0.700. The standard InChI is InChI=1S/C20H33N5OS/c1-21-20(22-12-9-18(26)23-16-6-3-2-4-7-16)24-17-10-13-25(14-11-17)19-8-5-15-27-19/h5,8,15-17H,2-4,6-7,9-14H2,1H3,(H,23,26)(H2,21,22,24). The van der Waals surface area contributed by atoms with Crippen LogP contribution in [0.4, 0.5) is 5.00 Å². The molecule has 150 valence electrons. The average molecular weight is 392 g/mol. The summed E-state index contributed by atoms with van der Waals surface area (Å²) in [7, 11) is 1.79. The van der Waals surface area contributed by atoms with E-state index in [1.54, 1.807) is 18.4 Å². The van der Waals surface area contributed by atoms with Crippen LogP contribution in [0.1, 0.15) is 51.4 Å². The normalized spacial score (nSPS) is 19.7. The Balaban J connectivity index is 1.32. The van der Waals surface area contributed by atoms with Gasteiger partial charge in [-0.25, -0.2) is 0 Å². The first-order valence-electron chi connectivity index (χ1n) is 10.3. The average Bonchev–Trinajstić information content (AvgIpc) is 3.23. The molecule has 0 atom stereocenters. The number of guanidine groups is 1. The highest BCUT2D eigenvalue weighted by Crippen LogP contribution is 2.24. The number of rotatable bonds is 6. The molecule has 1 amide bonds. The highest BCUT2D eigenvalue weighted by atomic mass is 32.1. The van der Waals surface area contributed by atoms with Gasteiger partial charge in [-0.2, -0.15) is 0 Å². The summed E-state index contributed by atoms with van der Waals surface area (Å²) in [4.78, 5) is 18.9. The Morgan fingerprint density at radius 2 is 1.89 bits per heavy atom. The Morgan fingerprint density at radius 3 is 2.56 bits per heavy atom. The van der Waals surface area contributed by atoms with E-state index < -0.39 is 0 Å². The number of aliphatic imine (C=N–C) groups is 1. The molecule has 2 fully saturated rings. The molecule has 3 rings (SSSR count). The van der Waals surface area contributed by atoms with Crippen LogP contribution in [-0.2, 0) is 4.79 Å². The molecule has 1 aliphatic carbocycles. The zero-order valence-corrected chi connectivity index (χ0v) is 17.2. The fourth-order valence-electron chi connectivity index (χ4n) is 3.92. The molecule has 1 saturated heterocycles. The van der Waals surface area contributed by atoms with Gasteiger partial charge in [0.2, 0.25) is 5.91 Å². The van der Waals surface area contributed by atoms with E-state index in [0.717, 1.165) is 44.7 Å². The van der Waals surface area contributed by atoms with Crippen molar-refractivity contribution in [2.24, 2.45) is 4.99 Å². The lowest BCUT2D eigenvalue weighted by Crippen LogP contribution is -2.49. The van der Waals surface area contributed by atoms with E-state index in [0.29, 0.717) is 25.0 Å². The maximum absolute atomic E-state index is 12.1. The fourth-order valence-corrected chi connectivity index (χ4v) is 4.71. The van der Waals surface area contributed by atoms with E-state index in [1.165, 1.54) is 24.3 Å². The van der Waals surface area contributed by atoms with E-state index in [2.05, 4.69) is 43.4 Å². The molecule has 2 heterocycles. The first kappa shape index (κ1) is 20.0. The van der Waals surface area contributed by atoms with Crippen molar-refractivity contribution >= 4 is 28.2 Å².